The lowest BCUT2D eigenvalue weighted by atomic mass is 10.4. The van der Waals surface area contributed by atoms with Gasteiger partial charge in [-0.25, -0.2) is 4.68 Å². The van der Waals surface area contributed by atoms with E-state index in [1.807, 2.05) is 0 Å². The molecule has 0 amide bonds. The SMILES string of the molecule is CNc1nc(NCCC(F)(F)F)nc(-n2cccn2)n1. The number of hydrogen-bond acceptors (Lipinski definition) is 6. The van der Waals surface area contributed by atoms with E-state index < -0.39 is 12.6 Å². The van der Waals surface area contributed by atoms with Crippen LogP contribution < -0.4 is 10.6 Å². The molecule has 2 aromatic rings. The van der Waals surface area contributed by atoms with Crippen molar-refractivity contribution >= 4 is 11.9 Å². The third kappa shape index (κ3) is 3.80. The summed E-state index contributed by atoms with van der Waals surface area (Å²) in [5.74, 6) is 0.503. The van der Waals surface area contributed by atoms with Crippen molar-refractivity contribution in [1.29, 1.82) is 0 Å². The minimum absolute atomic E-state index is 0.0547. The number of nitrogens with one attached hydrogen (secondary N) is 2. The van der Waals surface area contributed by atoms with E-state index in [0.29, 0.717) is 0 Å². The molecule has 7 nitrogen and oxygen atoms in total. The lowest BCUT2D eigenvalue weighted by Gasteiger charge is -2.09. The number of nitrogens with zero attached hydrogens (tertiary/aromatic N) is 5. The predicted molar refractivity (Wildman–Crippen MR) is 65.7 cm³/mol. The van der Waals surface area contributed by atoms with Gasteiger partial charge >= 0.3 is 6.18 Å². The van der Waals surface area contributed by atoms with Crippen molar-refractivity contribution in [2.45, 2.75) is 12.6 Å². The van der Waals surface area contributed by atoms with Crippen molar-refractivity contribution in [2.24, 2.45) is 0 Å². The molecule has 0 aliphatic rings. The van der Waals surface area contributed by atoms with Gasteiger partial charge in [-0.1, -0.05) is 0 Å². The Morgan fingerprint density at radius 3 is 2.55 bits per heavy atom. The van der Waals surface area contributed by atoms with Crippen LogP contribution in [0.1, 0.15) is 6.42 Å². The van der Waals surface area contributed by atoms with Gasteiger partial charge in [0, 0.05) is 26.0 Å². The van der Waals surface area contributed by atoms with Gasteiger partial charge in [0.1, 0.15) is 0 Å². The fourth-order valence-corrected chi connectivity index (χ4v) is 1.36. The maximum atomic E-state index is 12.1. The molecule has 0 aliphatic heterocycles. The first-order valence-corrected chi connectivity index (χ1v) is 5.72. The van der Waals surface area contributed by atoms with Crippen molar-refractivity contribution in [1.82, 2.24) is 24.7 Å². The van der Waals surface area contributed by atoms with Crippen molar-refractivity contribution in [2.75, 3.05) is 24.2 Å². The van der Waals surface area contributed by atoms with Crippen LogP contribution in [0.2, 0.25) is 0 Å². The summed E-state index contributed by atoms with van der Waals surface area (Å²) in [5, 5.41) is 9.18. The van der Waals surface area contributed by atoms with Gasteiger partial charge in [-0.15, -0.1) is 0 Å². The highest BCUT2D eigenvalue weighted by molar-refractivity contribution is 5.37. The van der Waals surface area contributed by atoms with Crippen LogP contribution in [0.15, 0.2) is 18.5 Å². The van der Waals surface area contributed by atoms with Crippen molar-refractivity contribution < 1.29 is 13.2 Å². The van der Waals surface area contributed by atoms with E-state index in [4.69, 9.17) is 0 Å². The second-order valence-electron chi connectivity index (χ2n) is 3.78. The van der Waals surface area contributed by atoms with Gasteiger partial charge in [-0.05, 0) is 6.07 Å². The van der Waals surface area contributed by atoms with Crippen LogP contribution in [0, 0.1) is 0 Å². The second kappa shape index (κ2) is 5.72. The summed E-state index contributed by atoms with van der Waals surface area (Å²) in [6.45, 7) is -0.310. The lowest BCUT2D eigenvalue weighted by molar-refractivity contribution is -0.131. The Kier molecular flexibility index (Phi) is 4.01. The zero-order valence-corrected chi connectivity index (χ0v) is 10.5. The summed E-state index contributed by atoms with van der Waals surface area (Å²) in [4.78, 5) is 12.0. The molecular weight excluding hydrogens is 275 g/mol. The average molecular weight is 287 g/mol. The molecule has 108 valence electrons. The van der Waals surface area contributed by atoms with E-state index in [-0.39, 0.29) is 24.4 Å². The van der Waals surface area contributed by atoms with Crippen LogP contribution >= 0.6 is 0 Å². The van der Waals surface area contributed by atoms with Crippen LogP contribution in [0.4, 0.5) is 25.1 Å². The molecular formula is C10H12F3N7. The van der Waals surface area contributed by atoms with Gasteiger partial charge < -0.3 is 10.6 Å². The first-order chi connectivity index (χ1) is 9.48. The van der Waals surface area contributed by atoms with E-state index in [1.54, 1.807) is 25.5 Å². The maximum Gasteiger partial charge on any atom is 0.390 e. The van der Waals surface area contributed by atoms with E-state index in [0.717, 1.165) is 0 Å². The van der Waals surface area contributed by atoms with Crippen LogP contribution in [-0.2, 0) is 0 Å². The maximum absolute atomic E-state index is 12.1. The molecule has 0 saturated carbocycles. The fraction of sp³-hybridized carbons (Fsp3) is 0.400. The number of halogens is 3. The largest absolute Gasteiger partial charge is 0.390 e. The molecule has 0 saturated heterocycles. The molecule has 10 heteroatoms. The van der Waals surface area contributed by atoms with Gasteiger partial charge in [0.15, 0.2) is 0 Å². The summed E-state index contributed by atoms with van der Waals surface area (Å²) in [5.41, 5.74) is 0. The summed E-state index contributed by atoms with van der Waals surface area (Å²) in [6, 6.07) is 1.68. The number of alkyl halides is 3. The van der Waals surface area contributed by atoms with Gasteiger partial charge in [-0.3, -0.25) is 0 Å². The van der Waals surface area contributed by atoms with Crippen LogP contribution in [0.25, 0.3) is 5.95 Å². The van der Waals surface area contributed by atoms with E-state index in [1.165, 1.54) is 4.68 Å². The quantitative estimate of drug-likeness (QED) is 0.866. The number of aromatic nitrogens is 5. The van der Waals surface area contributed by atoms with Gasteiger partial charge in [0.2, 0.25) is 11.9 Å². The molecule has 0 atom stereocenters. The topological polar surface area (TPSA) is 80.5 Å². The molecule has 0 fully saturated rings. The summed E-state index contributed by atoms with van der Waals surface area (Å²) in [6.07, 6.45) is -2.03. The third-order valence-electron chi connectivity index (χ3n) is 2.25. The Balaban J connectivity index is 2.14. The van der Waals surface area contributed by atoms with Crippen LogP contribution in [0.3, 0.4) is 0 Å². The molecule has 0 spiro atoms. The first kappa shape index (κ1) is 14.0. The van der Waals surface area contributed by atoms with Gasteiger partial charge in [0.25, 0.3) is 5.95 Å². The Labute approximate surface area is 112 Å². The highest BCUT2D eigenvalue weighted by Crippen LogP contribution is 2.19. The molecule has 20 heavy (non-hydrogen) atoms. The van der Waals surface area contributed by atoms with E-state index in [9.17, 15) is 13.2 Å². The monoisotopic (exact) mass is 287 g/mol. The van der Waals surface area contributed by atoms with Crippen molar-refractivity contribution in [3.05, 3.63) is 18.5 Å². The van der Waals surface area contributed by atoms with Crippen molar-refractivity contribution in [3.8, 4) is 5.95 Å². The predicted octanol–water partition coefficient (Wildman–Crippen LogP) is 1.46. The Bertz CT molecular complexity index is 552. The fourth-order valence-electron chi connectivity index (χ4n) is 1.36. The van der Waals surface area contributed by atoms with Gasteiger partial charge in [-0.2, -0.15) is 33.2 Å². The molecule has 2 rings (SSSR count). The minimum Gasteiger partial charge on any atom is -0.357 e. The smallest absolute Gasteiger partial charge is 0.357 e. The highest BCUT2D eigenvalue weighted by atomic mass is 19.4. The molecule has 0 aromatic carbocycles. The van der Waals surface area contributed by atoms with Crippen LogP contribution in [-0.4, -0.2) is 44.5 Å². The summed E-state index contributed by atoms with van der Waals surface area (Å²) < 4.78 is 37.6. The third-order valence-corrected chi connectivity index (χ3v) is 2.25. The number of hydrogen-bond donors (Lipinski definition) is 2. The Hall–Kier alpha value is -2.39. The number of anilines is 2. The van der Waals surface area contributed by atoms with Crippen LogP contribution in [0.5, 0.6) is 0 Å². The molecule has 0 aliphatic carbocycles. The Morgan fingerprint density at radius 1 is 1.20 bits per heavy atom. The normalized spacial score (nSPS) is 11.4. The second-order valence-corrected chi connectivity index (χ2v) is 3.78. The molecule has 0 unspecified atom stereocenters. The standard InChI is InChI=1S/C10H12F3N7/c1-14-7-17-8(15-5-3-10(11,12)13)19-9(18-7)20-6-2-4-16-20/h2,4,6H,3,5H2,1H3,(H2,14,15,17,18,19). The molecule has 0 radical (unpaired) electrons. The molecule has 2 aromatic heterocycles. The zero-order valence-electron chi connectivity index (χ0n) is 10.5. The lowest BCUT2D eigenvalue weighted by Crippen LogP contribution is -2.17. The zero-order chi connectivity index (χ0) is 14.6. The average Bonchev–Trinajstić information content (AvgIpc) is 2.90. The molecule has 0 bridgehead atoms. The Morgan fingerprint density at radius 2 is 1.95 bits per heavy atom. The first-order valence-electron chi connectivity index (χ1n) is 5.72. The van der Waals surface area contributed by atoms with Crippen molar-refractivity contribution in [3.63, 3.8) is 0 Å². The number of rotatable bonds is 5. The van der Waals surface area contributed by atoms with Gasteiger partial charge in [0.05, 0.1) is 6.42 Å². The minimum atomic E-state index is -4.23. The molecule has 2 N–H and O–H groups in total. The molecule has 2 heterocycles. The van der Waals surface area contributed by atoms with E-state index in [2.05, 4.69) is 30.7 Å². The summed E-state index contributed by atoms with van der Waals surface area (Å²) in [7, 11) is 1.60. The van der Waals surface area contributed by atoms with E-state index >= 15 is 0 Å². The summed E-state index contributed by atoms with van der Waals surface area (Å²) >= 11 is 0. The highest BCUT2D eigenvalue weighted by Gasteiger charge is 2.26.